The van der Waals surface area contributed by atoms with Crippen LogP contribution in [0.2, 0.25) is 0 Å². The second-order valence-corrected chi connectivity index (χ2v) is 5.40. The van der Waals surface area contributed by atoms with Crippen LogP contribution in [0.1, 0.15) is 39.3 Å². The fourth-order valence-electron chi connectivity index (χ4n) is 2.87. The van der Waals surface area contributed by atoms with E-state index in [9.17, 15) is 14.4 Å². The molecule has 1 aliphatic carbocycles. The van der Waals surface area contributed by atoms with Crippen LogP contribution < -0.4 is 16.0 Å². The summed E-state index contributed by atoms with van der Waals surface area (Å²) >= 11 is 0. The molecule has 0 aliphatic heterocycles. The van der Waals surface area contributed by atoms with Gasteiger partial charge in [0.25, 0.3) is 11.5 Å². The average Bonchev–Trinajstić information content (AvgIpc) is 2.54. The molecule has 0 atom stereocenters. The highest BCUT2D eigenvalue weighted by molar-refractivity contribution is 6.01. The van der Waals surface area contributed by atoms with Gasteiger partial charge in [-0.25, -0.2) is 0 Å². The largest absolute Gasteiger partial charge is 0.497 e. The molecule has 0 bridgehead atoms. The van der Waals surface area contributed by atoms with E-state index in [4.69, 9.17) is 10.5 Å². The third-order valence-corrected chi connectivity index (χ3v) is 4.02. The zero-order valence-electron chi connectivity index (χ0n) is 12.7. The van der Waals surface area contributed by atoms with Crippen LogP contribution in [0.4, 0.5) is 0 Å². The van der Waals surface area contributed by atoms with E-state index in [1.807, 2.05) is 0 Å². The fraction of sp³-hybridized carbons (Fsp3) is 0.235. The first-order valence-electron chi connectivity index (χ1n) is 7.29. The van der Waals surface area contributed by atoms with Crippen LogP contribution in [0.25, 0.3) is 5.69 Å². The Bertz CT molecular complexity index is 850. The molecule has 0 saturated heterocycles. The minimum atomic E-state index is -0.835. The smallest absolute Gasteiger partial charge is 0.268 e. The number of carbonyl (C=O) groups is 2. The van der Waals surface area contributed by atoms with Gasteiger partial charge in [-0.3, -0.25) is 19.0 Å². The number of hydrogen-bond acceptors (Lipinski definition) is 4. The van der Waals surface area contributed by atoms with Crippen LogP contribution in [0, 0.1) is 0 Å². The van der Waals surface area contributed by atoms with Gasteiger partial charge in [0, 0.05) is 23.4 Å². The number of pyridine rings is 1. The van der Waals surface area contributed by atoms with Gasteiger partial charge in [0.15, 0.2) is 5.78 Å². The summed E-state index contributed by atoms with van der Waals surface area (Å²) in [6.07, 6.45) is 1.69. The number of aromatic nitrogens is 1. The highest BCUT2D eigenvalue weighted by Crippen LogP contribution is 2.24. The van der Waals surface area contributed by atoms with Crippen molar-refractivity contribution in [3.63, 3.8) is 0 Å². The number of rotatable bonds is 3. The van der Waals surface area contributed by atoms with Crippen molar-refractivity contribution in [1.29, 1.82) is 0 Å². The van der Waals surface area contributed by atoms with E-state index in [1.54, 1.807) is 31.4 Å². The standard InChI is InChI=1S/C17H16N2O4/c1-23-11-7-5-10(6-8-11)19-14-3-2-4-15(20)12(14)9-13(16(18)21)17(19)22/h5-9H,2-4H2,1H3,(H2,18,21). The third kappa shape index (κ3) is 2.52. The number of benzene rings is 1. The topological polar surface area (TPSA) is 91.4 Å². The molecule has 2 N–H and O–H groups in total. The summed E-state index contributed by atoms with van der Waals surface area (Å²) in [7, 11) is 1.55. The van der Waals surface area contributed by atoms with Gasteiger partial charge in [0.2, 0.25) is 0 Å². The molecule has 0 fully saturated rings. The van der Waals surface area contributed by atoms with Crippen molar-refractivity contribution in [3.05, 3.63) is 57.5 Å². The van der Waals surface area contributed by atoms with E-state index in [-0.39, 0.29) is 11.3 Å². The Morgan fingerprint density at radius 1 is 1.17 bits per heavy atom. The van der Waals surface area contributed by atoms with Crippen molar-refractivity contribution >= 4 is 11.7 Å². The second kappa shape index (κ2) is 5.72. The summed E-state index contributed by atoms with van der Waals surface area (Å²) in [6, 6.07) is 8.20. The number of primary amides is 1. The number of hydrogen-bond donors (Lipinski definition) is 1. The number of amides is 1. The number of nitrogens with two attached hydrogens (primary N) is 1. The van der Waals surface area contributed by atoms with E-state index in [0.717, 1.165) is 0 Å². The number of methoxy groups -OCH3 is 1. The van der Waals surface area contributed by atoms with Gasteiger partial charge in [0.05, 0.1) is 7.11 Å². The number of Topliss-reactive ketones (excluding diaryl/α,β-unsaturated/α-hetero) is 1. The van der Waals surface area contributed by atoms with E-state index in [0.29, 0.717) is 42.0 Å². The number of ether oxygens (including phenoxy) is 1. The Morgan fingerprint density at radius 2 is 1.87 bits per heavy atom. The Labute approximate surface area is 132 Å². The van der Waals surface area contributed by atoms with Crippen molar-refractivity contribution in [3.8, 4) is 11.4 Å². The number of nitrogens with zero attached hydrogens (tertiary/aromatic N) is 1. The molecule has 0 radical (unpaired) electrons. The maximum Gasteiger partial charge on any atom is 0.268 e. The minimum Gasteiger partial charge on any atom is -0.497 e. The first-order valence-corrected chi connectivity index (χ1v) is 7.29. The van der Waals surface area contributed by atoms with Gasteiger partial charge < -0.3 is 10.5 Å². The molecule has 1 aromatic carbocycles. The highest BCUT2D eigenvalue weighted by Gasteiger charge is 2.25. The van der Waals surface area contributed by atoms with Crippen molar-refractivity contribution in [2.24, 2.45) is 5.73 Å². The molecule has 0 unspecified atom stereocenters. The molecule has 6 heteroatoms. The summed E-state index contributed by atoms with van der Waals surface area (Å²) in [5, 5.41) is 0. The third-order valence-electron chi connectivity index (χ3n) is 4.02. The Morgan fingerprint density at radius 3 is 2.48 bits per heavy atom. The lowest BCUT2D eigenvalue weighted by Crippen LogP contribution is -2.33. The van der Waals surface area contributed by atoms with Gasteiger partial charge in [-0.15, -0.1) is 0 Å². The van der Waals surface area contributed by atoms with Gasteiger partial charge in [-0.2, -0.15) is 0 Å². The SMILES string of the molecule is COc1ccc(-n2c3c(cc(C(N)=O)c2=O)C(=O)CCC3)cc1. The molecule has 1 amide bonds. The molecular weight excluding hydrogens is 296 g/mol. The molecule has 1 heterocycles. The van der Waals surface area contributed by atoms with Crippen molar-refractivity contribution in [2.45, 2.75) is 19.3 Å². The predicted octanol–water partition coefficient (Wildman–Crippen LogP) is 1.46. The maximum atomic E-state index is 12.7. The van der Waals surface area contributed by atoms with Crippen LogP contribution in [-0.2, 0) is 6.42 Å². The summed E-state index contributed by atoms with van der Waals surface area (Å²) in [5.41, 5.74) is 6.23. The second-order valence-electron chi connectivity index (χ2n) is 5.40. The molecule has 23 heavy (non-hydrogen) atoms. The van der Waals surface area contributed by atoms with Gasteiger partial charge in [0.1, 0.15) is 11.3 Å². The van der Waals surface area contributed by atoms with E-state index in [1.165, 1.54) is 10.6 Å². The lowest BCUT2D eigenvalue weighted by atomic mass is 9.93. The Kier molecular flexibility index (Phi) is 3.73. The van der Waals surface area contributed by atoms with Crippen LogP contribution in [-0.4, -0.2) is 23.4 Å². The molecule has 2 aromatic rings. The van der Waals surface area contributed by atoms with Crippen LogP contribution in [0.5, 0.6) is 5.75 Å². The maximum absolute atomic E-state index is 12.7. The monoisotopic (exact) mass is 312 g/mol. The number of fused-ring (bicyclic) bond motifs is 1. The molecule has 1 aliphatic rings. The average molecular weight is 312 g/mol. The van der Waals surface area contributed by atoms with Crippen LogP contribution in [0.15, 0.2) is 35.1 Å². The van der Waals surface area contributed by atoms with Gasteiger partial charge >= 0.3 is 0 Å². The number of carbonyl (C=O) groups excluding carboxylic acids is 2. The zero-order chi connectivity index (χ0) is 16.6. The van der Waals surface area contributed by atoms with E-state index < -0.39 is 11.5 Å². The fourth-order valence-corrected chi connectivity index (χ4v) is 2.87. The molecule has 3 rings (SSSR count). The highest BCUT2D eigenvalue weighted by atomic mass is 16.5. The Balaban J connectivity index is 2.31. The van der Waals surface area contributed by atoms with E-state index in [2.05, 4.69) is 0 Å². The normalized spacial score (nSPS) is 13.5. The molecule has 118 valence electrons. The quantitative estimate of drug-likeness (QED) is 0.929. The zero-order valence-corrected chi connectivity index (χ0v) is 12.7. The summed E-state index contributed by atoms with van der Waals surface area (Å²) < 4.78 is 6.52. The molecular formula is C17H16N2O4. The first kappa shape index (κ1) is 15.0. The van der Waals surface area contributed by atoms with Gasteiger partial charge in [-0.1, -0.05) is 0 Å². The molecule has 1 aromatic heterocycles. The van der Waals surface area contributed by atoms with Crippen molar-refractivity contribution < 1.29 is 14.3 Å². The lowest BCUT2D eigenvalue weighted by Gasteiger charge is -2.21. The molecule has 6 nitrogen and oxygen atoms in total. The number of ketones is 1. The van der Waals surface area contributed by atoms with E-state index >= 15 is 0 Å². The Hall–Kier alpha value is -2.89. The summed E-state index contributed by atoms with van der Waals surface area (Å²) in [5.74, 6) is -0.257. The van der Waals surface area contributed by atoms with Crippen molar-refractivity contribution in [2.75, 3.05) is 7.11 Å². The summed E-state index contributed by atoms with van der Waals surface area (Å²) in [6.45, 7) is 0. The molecule has 0 saturated carbocycles. The van der Waals surface area contributed by atoms with Gasteiger partial charge in [-0.05, 0) is 43.2 Å². The van der Waals surface area contributed by atoms with Crippen LogP contribution in [0.3, 0.4) is 0 Å². The lowest BCUT2D eigenvalue weighted by molar-refractivity contribution is 0.0971. The summed E-state index contributed by atoms with van der Waals surface area (Å²) in [4.78, 5) is 36.4. The first-order chi connectivity index (χ1) is 11.0. The van der Waals surface area contributed by atoms with Crippen molar-refractivity contribution in [1.82, 2.24) is 4.57 Å². The minimum absolute atomic E-state index is 0.0731. The molecule has 0 spiro atoms. The predicted molar refractivity (Wildman–Crippen MR) is 84.4 cm³/mol. The van der Waals surface area contributed by atoms with Crippen LogP contribution >= 0.6 is 0 Å².